The van der Waals surface area contributed by atoms with Gasteiger partial charge in [0.25, 0.3) is 0 Å². The summed E-state index contributed by atoms with van der Waals surface area (Å²) in [7, 11) is 1.16. The first kappa shape index (κ1) is 22.3. The molecule has 32 heavy (non-hydrogen) atoms. The smallest absolute Gasteiger partial charge is 0.486 e. The topological polar surface area (TPSA) is 80.4 Å². The third kappa shape index (κ3) is 3.86. The zero-order valence-corrected chi connectivity index (χ0v) is 19.7. The molecule has 1 fully saturated rings. The van der Waals surface area contributed by atoms with Crippen LogP contribution in [-0.4, -0.2) is 38.1 Å². The summed E-state index contributed by atoms with van der Waals surface area (Å²) >= 11 is 0. The van der Waals surface area contributed by atoms with Gasteiger partial charge in [-0.15, -0.1) is 0 Å². The fourth-order valence-electron chi connectivity index (χ4n) is 3.61. The van der Waals surface area contributed by atoms with Crippen molar-refractivity contribution in [2.45, 2.75) is 59.4 Å². The van der Waals surface area contributed by atoms with Gasteiger partial charge in [0.1, 0.15) is 18.0 Å². The second-order valence-electron chi connectivity index (χ2n) is 9.28. The van der Waals surface area contributed by atoms with Crippen LogP contribution in [0.5, 0.6) is 5.75 Å². The van der Waals surface area contributed by atoms with Crippen molar-refractivity contribution in [3.8, 4) is 11.4 Å². The van der Waals surface area contributed by atoms with Gasteiger partial charge >= 0.3 is 12.8 Å². The van der Waals surface area contributed by atoms with E-state index in [1.54, 1.807) is 13.1 Å². The van der Waals surface area contributed by atoms with Gasteiger partial charge < -0.3 is 14.0 Å². The highest BCUT2D eigenvalue weighted by Gasteiger charge is 2.51. The highest BCUT2D eigenvalue weighted by atomic mass is 16.7. The predicted molar refractivity (Wildman–Crippen MR) is 123 cm³/mol. The van der Waals surface area contributed by atoms with E-state index in [0.717, 1.165) is 22.2 Å². The Morgan fingerprint density at radius 3 is 2.28 bits per heavy atom. The third-order valence-electron chi connectivity index (χ3n) is 6.41. The number of hydrogen-bond donors (Lipinski definition) is 0. The van der Waals surface area contributed by atoms with Gasteiger partial charge in [0.05, 0.1) is 11.2 Å². The highest BCUT2D eigenvalue weighted by molar-refractivity contribution is 6.62. The van der Waals surface area contributed by atoms with Gasteiger partial charge in [-0.25, -0.2) is 4.79 Å². The Labute approximate surface area is 188 Å². The molecule has 0 unspecified atom stereocenters. The van der Waals surface area contributed by atoms with Crippen LogP contribution in [0.4, 0.5) is 0 Å². The minimum atomic E-state index is -0.403. The molecule has 0 amide bonds. The van der Waals surface area contributed by atoms with Gasteiger partial charge in [0, 0.05) is 7.05 Å². The summed E-state index contributed by atoms with van der Waals surface area (Å²) in [4.78, 5) is 12.3. The number of benzene rings is 2. The standard InChI is InChI=1S/C23H29BN4O4/c1-15-9-8-10-19(28-21(29)27(7)25-26-28)20(15)30-14-17-11-12-18(13-16(17)2)24-31-22(3,4)23(5,6)32-24/h8-13H,14H2,1-7H3. The minimum Gasteiger partial charge on any atom is -0.486 e. The molecule has 2 heterocycles. The normalized spacial score (nSPS) is 17.0. The lowest BCUT2D eigenvalue weighted by molar-refractivity contribution is 0.00578. The zero-order chi connectivity index (χ0) is 23.3. The predicted octanol–water partition coefficient (Wildman–Crippen LogP) is 2.46. The van der Waals surface area contributed by atoms with E-state index < -0.39 is 7.12 Å². The second kappa shape index (κ2) is 7.90. The quantitative estimate of drug-likeness (QED) is 0.572. The van der Waals surface area contributed by atoms with Crippen LogP contribution in [0, 0.1) is 13.8 Å². The maximum absolute atomic E-state index is 12.3. The molecule has 4 rings (SSSR count). The summed E-state index contributed by atoms with van der Waals surface area (Å²) < 4.78 is 21.0. The van der Waals surface area contributed by atoms with Crippen LogP contribution in [-0.2, 0) is 23.0 Å². The number of hydrogen-bond acceptors (Lipinski definition) is 6. The lowest BCUT2D eigenvalue weighted by atomic mass is 9.78. The van der Waals surface area contributed by atoms with Crippen molar-refractivity contribution in [3.63, 3.8) is 0 Å². The average Bonchev–Trinajstić information content (AvgIpc) is 3.16. The van der Waals surface area contributed by atoms with Crippen LogP contribution in [0.15, 0.2) is 41.2 Å². The van der Waals surface area contributed by atoms with E-state index in [0.29, 0.717) is 18.0 Å². The molecular formula is C23H29BN4O4. The van der Waals surface area contributed by atoms with E-state index in [1.807, 2.05) is 65.8 Å². The zero-order valence-electron chi connectivity index (χ0n) is 19.7. The molecule has 8 nitrogen and oxygen atoms in total. The van der Waals surface area contributed by atoms with Gasteiger partial charge in [-0.3, -0.25) is 0 Å². The first-order chi connectivity index (χ1) is 15.0. The first-order valence-corrected chi connectivity index (χ1v) is 10.7. The number of rotatable bonds is 5. The molecular weight excluding hydrogens is 407 g/mol. The van der Waals surface area contributed by atoms with Crippen LogP contribution in [0.1, 0.15) is 44.4 Å². The van der Waals surface area contributed by atoms with Gasteiger partial charge in [0.15, 0.2) is 0 Å². The van der Waals surface area contributed by atoms with Crippen LogP contribution >= 0.6 is 0 Å². The van der Waals surface area contributed by atoms with Crippen LogP contribution in [0.2, 0.25) is 0 Å². The molecule has 0 spiro atoms. The van der Waals surface area contributed by atoms with Crippen molar-refractivity contribution in [2.75, 3.05) is 0 Å². The van der Waals surface area contributed by atoms with Crippen molar-refractivity contribution in [3.05, 3.63) is 63.6 Å². The SMILES string of the molecule is Cc1cc(B2OC(C)(C)C(C)(C)O2)ccc1COc1c(C)cccc1-n1nnn(C)c1=O. The minimum absolute atomic E-state index is 0.330. The third-order valence-corrected chi connectivity index (χ3v) is 6.41. The first-order valence-electron chi connectivity index (χ1n) is 10.7. The van der Waals surface area contributed by atoms with Crippen molar-refractivity contribution in [2.24, 2.45) is 7.05 Å². The summed E-state index contributed by atoms with van der Waals surface area (Å²) in [5, 5.41) is 7.75. The molecule has 0 saturated carbocycles. The largest absolute Gasteiger partial charge is 0.494 e. The van der Waals surface area contributed by atoms with Crippen molar-refractivity contribution < 1.29 is 14.0 Å². The Morgan fingerprint density at radius 1 is 1.00 bits per heavy atom. The van der Waals surface area contributed by atoms with E-state index >= 15 is 0 Å². The number of para-hydroxylation sites is 1. The van der Waals surface area contributed by atoms with Crippen LogP contribution in [0.3, 0.4) is 0 Å². The van der Waals surface area contributed by atoms with Gasteiger partial charge in [-0.2, -0.15) is 9.36 Å². The van der Waals surface area contributed by atoms with E-state index in [9.17, 15) is 4.79 Å². The number of aryl methyl sites for hydroxylation is 3. The van der Waals surface area contributed by atoms with Crippen LogP contribution < -0.4 is 15.9 Å². The Kier molecular flexibility index (Phi) is 5.50. The molecule has 0 bridgehead atoms. The molecule has 0 radical (unpaired) electrons. The summed E-state index contributed by atoms with van der Waals surface area (Å²) in [5.41, 5.74) is 3.46. The van der Waals surface area contributed by atoms with E-state index in [4.69, 9.17) is 14.0 Å². The maximum Gasteiger partial charge on any atom is 0.494 e. The number of tetrazole rings is 1. The summed E-state index contributed by atoms with van der Waals surface area (Å²) in [6.07, 6.45) is 0. The molecule has 3 aromatic rings. The molecule has 1 saturated heterocycles. The van der Waals surface area contributed by atoms with E-state index in [-0.39, 0.29) is 16.9 Å². The summed E-state index contributed by atoms with van der Waals surface area (Å²) in [6, 6.07) is 11.7. The number of ether oxygens (including phenoxy) is 1. The molecule has 1 aliphatic rings. The number of nitrogens with zero attached hydrogens (tertiary/aromatic N) is 4. The van der Waals surface area contributed by atoms with Gasteiger partial charge in [0.2, 0.25) is 0 Å². The second-order valence-corrected chi connectivity index (χ2v) is 9.28. The Hall–Kier alpha value is -2.91. The van der Waals surface area contributed by atoms with Crippen molar-refractivity contribution in [1.82, 2.24) is 19.8 Å². The lowest BCUT2D eigenvalue weighted by Gasteiger charge is -2.32. The van der Waals surface area contributed by atoms with Crippen molar-refractivity contribution >= 4 is 12.6 Å². The molecule has 1 aliphatic heterocycles. The van der Waals surface area contributed by atoms with Gasteiger partial charge in [-0.05, 0) is 80.2 Å². The molecule has 0 aliphatic carbocycles. The molecule has 168 valence electrons. The monoisotopic (exact) mass is 436 g/mol. The Morgan fingerprint density at radius 2 is 1.69 bits per heavy atom. The van der Waals surface area contributed by atoms with Crippen molar-refractivity contribution in [1.29, 1.82) is 0 Å². The van der Waals surface area contributed by atoms with Crippen LogP contribution in [0.25, 0.3) is 5.69 Å². The summed E-state index contributed by atoms with van der Waals surface area (Å²) in [6.45, 7) is 12.5. The fraction of sp³-hybridized carbons (Fsp3) is 0.435. The van der Waals surface area contributed by atoms with Gasteiger partial charge in [-0.1, -0.05) is 30.3 Å². The molecule has 0 N–H and O–H groups in total. The highest BCUT2D eigenvalue weighted by Crippen LogP contribution is 2.36. The van der Waals surface area contributed by atoms with E-state index in [1.165, 1.54) is 9.36 Å². The van der Waals surface area contributed by atoms with E-state index in [2.05, 4.69) is 16.5 Å². The maximum atomic E-state index is 12.3. The molecule has 0 atom stereocenters. The average molecular weight is 436 g/mol. The fourth-order valence-corrected chi connectivity index (χ4v) is 3.61. The molecule has 9 heteroatoms. The Balaban J connectivity index is 1.56. The number of aromatic nitrogens is 4. The Bertz CT molecular complexity index is 1200. The lowest BCUT2D eigenvalue weighted by Crippen LogP contribution is -2.41. The molecule has 2 aromatic carbocycles. The molecule has 1 aromatic heterocycles. The summed E-state index contributed by atoms with van der Waals surface area (Å²) in [5.74, 6) is 0.601.